The predicted molar refractivity (Wildman–Crippen MR) is 62.6 cm³/mol. The summed E-state index contributed by atoms with van der Waals surface area (Å²) in [5, 5.41) is 3.12. The number of nitrogens with one attached hydrogen (secondary N) is 1. The topological polar surface area (TPSA) is 12.0 Å². The Bertz CT molecular complexity index is 318. The van der Waals surface area contributed by atoms with Gasteiger partial charge in [-0.2, -0.15) is 0 Å². The molecule has 0 aliphatic heterocycles. The maximum atomic E-state index is 13.2. The summed E-state index contributed by atoms with van der Waals surface area (Å²) in [5.74, 6) is -0.344. The molecule has 0 aromatic heterocycles. The first kappa shape index (κ1) is 13.4. The van der Waals surface area contributed by atoms with E-state index in [-0.39, 0.29) is 0 Å². The van der Waals surface area contributed by atoms with Crippen molar-refractivity contribution in [2.24, 2.45) is 0 Å². The molecule has 1 rings (SSSR count). The SMILES string of the molecule is Fc1ccc(CNCCCCCCl)c(F)c1. The van der Waals surface area contributed by atoms with Gasteiger partial charge in [-0.25, -0.2) is 8.78 Å². The van der Waals surface area contributed by atoms with Gasteiger partial charge in [-0.1, -0.05) is 12.5 Å². The summed E-state index contributed by atoms with van der Waals surface area (Å²) in [4.78, 5) is 0. The Kier molecular flexibility index (Phi) is 6.34. The number of benzene rings is 1. The van der Waals surface area contributed by atoms with Crippen molar-refractivity contribution >= 4 is 11.6 Å². The van der Waals surface area contributed by atoms with Gasteiger partial charge in [-0.15, -0.1) is 11.6 Å². The van der Waals surface area contributed by atoms with E-state index in [0.29, 0.717) is 18.0 Å². The van der Waals surface area contributed by atoms with Gasteiger partial charge in [0.25, 0.3) is 0 Å². The molecule has 0 saturated heterocycles. The van der Waals surface area contributed by atoms with Gasteiger partial charge >= 0.3 is 0 Å². The van der Waals surface area contributed by atoms with Gasteiger partial charge in [0.05, 0.1) is 0 Å². The van der Waals surface area contributed by atoms with E-state index >= 15 is 0 Å². The van der Waals surface area contributed by atoms with Crippen LogP contribution in [0.3, 0.4) is 0 Å². The number of hydrogen-bond donors (Lipinski definition) is 1. The fourth-order valence-electron chi connectivity index (χ4n) is 1.41. The summed E-state index contributed by atoms with van der Waals surface area (Å²) in [6.45, 7) is 1.26. The Morgan fingerprint density at radius 1 is 1.12 bits per heavy atom. The molecule has 1 N–H and O–H groups in total. The Balaban J connectivity index is 2.21. The average Bonchev–Trinajstić information content (AvgIpc) is 2.26. The fraction of sp³-hybridized carbons (Fsp3) is 0.500. The van der Waals surface area contributed by atoms with Gasteiger partial charge < -0.3 is 5.32 Å². The quantitative estimate of drug-likeness (QED) is 0.575. The standard InChI is InChI=1S/C12H16ClF2N/c13-6-2-1-3-7-16-9-10-4-5-11(14)8-12(10)15/h4-5,8,16H,1-3,6-7,9H2. The molecule has 1 aromatic rings. The summed E-state index contributed by atoms with van der Waals surface area (Å²) >= 11 is 5.54. The van der Waals surface area contributed by atoms with E-state index in [1.807, 2.05) is 0 Å². The summed E-state index contributed by atoms with van der Waals surface area (Å²) in [7, 11) is 0. The Morgan fingerprint density at radius 2 is 1.94 bits per heavy atom. The Morgan fingerprint density at radius 3 is 2.62 bits per heavy atom. The zero-order valence-electron chi connectivity index (χ0n) is 9.11. The number of hydrogen-bond acceptors (Lipinski definition) is 1. The first-order chi connectivity index (χ1) is 7.74. The number of unbranched alkanes of at least 4 members (excludes halogenated alkanes) is 2. The van der Waals surface area contributed by atoms with Crippen LogP contribution in [0.15, 0.2) is 18.2 Å². The van der Waals surface area contributed by atoms with Crippen LogP contribution in [0.4, 0.5) is 8.78 Å². The van der Waals surface area contributed by atoms with Crippen molar-refractivity contribution < 1.29 is 8.78 Å². The van der Waals surface area contributed by atoms with Crippen molar-refractivity contribution in [1.29, 1.82) is 0 Å². The largest absolute Gasteiger partial charge is 0.313 e. The van der Waals surface area contributed by atoms with Crippen LogP contribution < -0.4 is 5.32 Å². The molecule has 16 heavy (non-hydrogen) atoms. The predicted octanol–water partition coefficient (Wildman–Crippen LogP) is 3.46. The number of halogens is 3. The molecular weight excluding hydrogens is 232 g/mol. The monoisotopic (exact) mass is 247 g/mol. The third kappa shape index (κ3) is 4.90. The maximum Gasteiger partial charge on any atom is 0.130 e. The molecule has 0 radical (unpaired) electrons. The highest BCUT2D eigenvalue weighted by atomic mass is 35.5. The maximum absolute atomic E-state index is 13.2. The molecule has 4 heteroatoms. The van der Waals surface area contributed by atoms with Crippen LogP contribution in [-0.2, 0) is 6.54 Å². The molecule has 0 aliphatic rings. The second-order valence-corrected chi connectivity index (χ2v) is 4.04. The molecule has 0 unspecified atom stereocenters. The summed E-state index contributed by atoms with van der Waals surface area (Å²) in [6.07, 6.45) is 3.10. The minimum Gasteiger partial charge on any atom is -0.313 e. The molecule has 0 amide bonds. The van der Waals surface area contributed by atoms with Crippen molar-refractivity contribution in [2.75, 3.05) is 12.4 Å². The van der Waals surface area contributed by atoms with Gasteiger partial charge in [0.1, 0.15) is 11.6 Å². The molecule has 0 aliphatic carbocycles. The Labute approximate surface area is 99.8 Å². The number of alkyl halides is 1. The fourth-order valence-corrected chi connectivity index (χ4v) is 1.60. The van der Waals surface area contributed by atoms with Crippen molar-refractivity contribution in [3.8, 4) is 0 Å². The zero-order chi connectivity index (χ0) is 11.8. The second-order valence-electron chi connectivity index (χ2n) is 3.66. The van der Waals surface area contributed by atoms with Crippen LogP contribution in [0.25, 0.3) is 0 Å². The van der Waals surface area contributed by atoms with E-state index in [0.717, 1.165) is 31.9 Å². The van der Waals surface area contributed by atoms with Gasteiger partial charge in [0.2, 0.25) is 0 Å². The third-order valence-corrected chi connectivity index (χ3v) is 2.59. The summed E-state index contributed by atoms with van der Waals surface area (Å²) in [5.41, 5.74) is 0.499. The van der Waals surface area contributed by atoms with Crippen LogP contribution in [-0.4, -0.2) is 12.4 Å². The number of rotatable bonds is 7. The van der Waals surface area contributed by atoms with Crippen molar-refractivity contribution in [1.82, 2.24) is 5.32 Å². The molecule has 0 bridgehead atoms. The van der Waals surface area contributed by atoms with Gasteiger partial charge in [-0.05, 0) is 25.5 Å². The molecule has 0 atom stereocenters. The van der Waals surface area contributed by atoms with Crippen molar-refractivity contribution in [2.45, 2.75) is 25.8 Å². The minimum absolute atomic E-state index is 0.437. The highest BCUT2D eigenvalue weighted by Gasteiger charge is 2.02. The van der Waals surface area contributed by atoms with Crippen LogP contribution in [0.2, 0.25) is 0 Å². The summed E-state index contributed by atoms with van der Waals surface area (Å²) in [6, 6.07) is 3.65. The normalized spacial score (nSPS) is 10.7. The lowest BCUT2D eigenvalue weighted by atomic mass is 10.2. The third-order valence-electron chi connectivity index (χ3n) is 2.32. The summed E-state index contributed by atoms with van der Waals surface area (Å²) < 4.78 is 25.8. The lowest BCUT2D eigenvalue weighted by molar-refractivity contribution is 0.554. The molecular formula is C12H16ClF2N. The molecule has 0 saturated carbocycles. The average molecular weight is 248 g/mol. The van der Waals surface area contributed by atoms with Crippen LogP contribution in [0, 0.1) is 11.6 Å². The van der Waals surface area contributed by atoms with Crippen LogP contribution in [0.5, 0.6) is 0 Å². The highest BCUT2D eigenvalue weighted by Crippen LogP contribution is 2.09. The van der Waals surface area contributed by atoms with E-state index in [1.54, 1.807) is 0 Å². The van der Waals surface area contributed by atoms with E-state index in [9.17, 15) is 8.78 Å². The van der Waals surface area contributed by atoms with E-state index < -0.39 is 11.6 Å². The van der Waals surface area contributed by atoms with Crippen molar-refractivity contribution in [3.63, 3.8) is 0 Å². The lowest BCUT2D eigenvalue weighted by Crippen LogP contribution is -2.15. The van der Waals surface area contributed by atoms with E-state index in [4.69, 9.17) is 11.6 Å². The first-order valence-corrected chi connectivity index (χ1v) is 5.98. The lowest BCUT2D eigenvalue weighted by Gasteiger charge is -2.05. The highest BCUT2D eigenvalue weighted by molar-refractivity contribution is 6.17. The molecule has 1 aromatic carbocycles. The van der Waals surface area contributed by atoms with Gasteiger partial charge in [0.15, 0.2) is 0 Å². The molecule has 0 heterocycles. The first-order valence-electron chi connectivity index (χ1n) is 5.44. The van der Waals surface area contributed by atoms with E-state index in [1.165, 1.54) is 12.1 Å². The molecule has 0 spiro atoms. The minimum atomic E-state index is -0.539. The van der Waals surface area contributed by atoms with Crippen molar-refractivity contribution in [3.05, 3.63) is 35.4 Å². The van der Waals surface area contributed by atoms with E-state index in [2.05, 4.69) is 5.32 Å². The second kappa shape index (κ2) is 7.58. The zero-order valence-corrected chi connectivity index (χ0v) is 9.86. The van der Waals surface area contributed by atoms with Gasteiger partial charge in [-0.3, -0.25) is 0 Å². The van der Waals surface area contributed by atoms with Gasteiger partial charge in [0, 0.05) is 24.1 Å². The van der Waals surface area contributed by atoms with Crippen LogP contribution in [0.1, 0.15) is 24.8 Å². The molecule has 0 fully saturated rings. The molecule has 90 valence electrons. The molecule has 1 nitrogen and oxygen atoms in total. The Hall–Kier alpha value is -0.670. The van der Waals surface area contributed by atoms with Crippen LogP contribution >= 0.6 is 11.6 Å². The smallest absolute Gasteiger partial charge is 0.130 e.